The smallest absolute Gasteiger partial charge is 0.129 e. The minimum atomic E-state index is 0.420. The molecule has 0 saturated carbocycles. The molecule has 1 atom stereocenters. The molecule has 0 saturated heterocycles. The molecule has 0 fully saturated rings. The zero-order valence-electron chi connectivity index (χ0n) is 13.8. The Morgan fingerprint density at radius 1 is 1.20 bits per heavy atom. The molecule has 4 nitrogen and oxygen atoms in total. The fourth-order valence-corrected chi connectivity index (χ4v) is 2.48. The predicted molar refractivity (Wildman–Crippen MR) is 87.3 cm³/mol. The van der Waals surface area contributed by atoms with Crippen molar-refractivity contribution in [2.45, 2.75) is 46.2 Å². The fraction of sp³-hybridized carbons (Fsp3) is 0.688. The summed E-state index contributed by atoms with van der Waals surface area (Å²) in [5.74, 6) is 1.47. The molecule has 0 bridgehead atoms. The van der Waals surface area contributed by atoms with Crippen LogP contribution in [0, 0.1) is 0 Å². The summed E-state index contributed by atoms with van der Waals surface area (Å²) in [5.41, 5.74) is 8.12. The molecule has 0 aliphatic rings. The van der Waals surface area contributed by atoms with E-state index in [1.54, 1.807) is 0 Å². The minimum absolute atomic E-state index is 0.420. The molecule has 1 aromatic rings. The Hall–Kier alpha value is -1.13. The number of hydrogen-bond donors (Lipinski definition) is 1. The van der Waals surface area contributed by atoms with Gasteiger partial charge in [-0.2, -0.15) is 0 Å². The van der Waals surface area contributed by atoms with E-state index >= 15 is 0 Å². The highest BCUT2D eigenvalue weighted by Crippen LogP contribution is 2.21. The van der Waals surface area contributed by atoms with Gasteiger partial charge in [-0.3, -0.25) is 0 Å². The quantitative estimate of drug-likeness (QED) is 0.832. The van der Waals surface area contributed by atoms with E-state index in [0.29, 0.717) is 18.5 Å². The lowest BCUT2D eigenvalue weighted by atomic mass is 10.1. The van der Waals surface area contributed by atoms with Crippen LogP contribution >= 0.6 is 0 Å². The summed E-state index contributed by atoms with van der Waals surface area (Å²) in [5, 5.41) is 0. The van der Waals surface area contributed by atoms with Crippen molar-refractivity contribution >= 4 is 5.82 Å². The van der Waals surface area contributed by atoms with Gasteiger partial charge in [0.2, 0.25) is 0 Å². The van der Waals surface area contributed by atoms with Crippen LogP contribution < -0.4 is 10.6 Å². The van der Waals surface area contributed by atoms with Gasteiger partial charge in [0.05, 0.1) is 0 Å². The van der Waals surface area contributed by atoms with Gasteiger partial charge in [0.1, 0.15) is 5.82 Å². The molecule has 0 aliphatic carbocycles. The zero-order chi connectivity index (χ0) is 15.3. The van der Waals surface area contributed by atoms with Crippen molar-refractivity contribution in [3.63, 3.8) is 0 Å². The maximum Gasteiger partial charge on any atom is 0.129 e. The van der Waals surface area contributed by atoms with Crippen LogP contribution in [0.15, 0.2) is 12.1 Å². The van der Waals surface area contributed by atoms with Gasteiger partial charge in [0.15, 0.2) is 0 Å². The number of nitrogens with two attached hydrogens (primary N) is 1. The van der Waals surface area contributed by atoms with Crippen molar-refractivity contribution in [3.05, 3.63) is 23.4 Å². The Balaban J connectivity index is 3.10. The van der Waals surface area contributed by atoms with Gasteiger partial charge < -0.3 is 15.5 Å². The highest BCUT2D eigenvalue weighted by molar-refractivity contribution is 5.44. The number of anilines is 1. The monoisotopic (exact) mass is 278 g/mol. The van der Waals surface area contributed by atoms with E-state index in [4.69, 9.17) is 10.7 Å². The number of hydrogen-bond acceptors (Lipinski definition) is 4. The highest BCUT2D eigenvalue weighted by Gasteiger charge is 2.16. The lowest BCUT2D eigenvalue weighted by molar-refractivity contribution is 0.372. The molecule has 0 amide bonds. The third kappa shape index (κ3) is 4.46. The molecule has 0 radical (unpaired) electrons. The first-order valence-electron chi connectivity index (χ1n) is 7.51. The SMILES string of the molecule is CCN(c1cc(CN)cc(C(C)C)n1)C(C)CN(C)C. The summed E-state index contributed by atoms with van der Waals surface area (Å²) in [4.78, 5) is 9.40. The van der Waals surface area contributed by atoms with Crippen LogP contribution in [0.4, 0.5) is 5.82 Å². The van der Waals surface area contributed by atoms with Gasteiger partial charge in [-0.25, -0.2) is 4.98 Å². The van der Waals surface area contributed by atoms with Gasteiger partial charge in [0, 0.05) is 31.4 Å². The zero-order valence-corrected chi connectivity index (χ0v) is 13.8. The first-order chi connectivity index (χ1) is 9.38. The van der Waals surface area contributed by atoms with E-state index in [1.165, 1.54) is 0 Å². The van der Waals surface area contributed by atoms with E-state index in [0.717, 1.165) is 30.2 Å². The average molecular weight is 278 g/mol. The van der Waals surface area contributed by atoms with Gasteiger partial charge in [-0.15, -0.1) is 0 Å². The summed E-state index contributed by atoms with van der Waals surface area (Å²) >= 11 is 0. The number of likely N-dealkylation sites (N-methyl/N-ethyl adjacent to an activating group) is 2. The van der Waals surface area contributed by atoms with Crippen molar-refractivity contribution in [1.29, 1.82) is 0 Å². The van der Waals surface area contributed by atoms with E-state index in [1.807, 2.05) is 0 Å². The van der Waals surface area contributed by atoms with Gasteiger partial charge in [-0.05, 0) is 51.6 Å². The Labute approximate surface area is 124 Å². The van der Waals surface area contributed by atoms with E-state index in [2.05, 4.69) is 63.7 Å². The molecule has 114 valence electrons. The molecule has 0 aliphatic heterocycles. The molecule has 1 unspecified atom stereocenters. The van der Waals surface area contributed by atoms with Crippen LogP contribution in [0.3, 0.4) is 0 Å². The summed E-state index contributed by atoms with van der Waals surface area (Å²) in [6, 6.07) is 4.68. The molecule has 4 heteroatoms. The summed E-state index contributed by atoms with van der Waals surface area (Å²) in [7, 11) is 4.21. The van der Waals surface area contributed by atoms with Gasteiger partial charge >= 0.3 is 0 Å². The molecule has 0 aromatic carbocycles. The molecule has 20 heavy (non-hydrogen) atoms. The van der Waals surface area contributed by atoms with E-state index < -0.39 is 0 Å². The molecule has 1 rings (SSSR count). The van der Waals surface area contributed by atoms with Crippen LogP contribution in [0.25, 0.3) is 0 Å². The van der Waals surface area contributed by atoms with Gasteiger partial charge in [-0.1, -0.05) is 13.8 Å². The van der Waals surface area contributed by atoms with Gasteiger partial charge in [0.25, 0.3) is 0 Å². The topological polar surface area (TPSA) is 45.4 Å². The first kappa shape index (κ1) is 16.9. The minimum Gasteiger partial charge on any atom is -0.353 e. The fourth-order valence-electron chi connectivity index (χ4n) is 2.48. The number of rotatable bonds is 7. The van der Waals surface area contributed by atoms with E-state index in [9.17, 15) is 0 Å². The van der Waals surface area contributed by atoms with Crippen LogP contribution in [-0.2, 0) is 6.54 Å². The standard InChI is InChI=1S/C16H30N4/c1-7-20(13(4)11-19(5)6)16-9-14(10-17)8-15(18-16)12(2)3/h8-9,12-13H,7,10-11,17H2,1-6H3. The molecule has 0 spiro atoms. The Morgan fingerprint density at radius 3 is 2.30 bits per heavy atom. The second-order valence-electron chi connectivity index (χ2n) is 6.01. The summed E-state index contributed by atoms with van der Waals surface area (Å²) in [6.45, 7) is 11.3. The Bertz CT molecular complexity index is 415. The van der Waals surface area contributed by atoms with Crippen molar-refractivity contribution in [3.8, 4) is 0 Å². The number of pyridine rings is 1. The molecule has 1 aromatic heterocycles. The Kier molecular flexibility index (Phi) is 6.43. The lowest BCUT2D eigenvalue weighted by Crippen LogP contribution is -2.40. The molecule has 1 heterocycles. The van der Waals surface area contributed by atoms with Crippen LogP contribution in [-0.4, -0.2) is 43.1 Å². The maximum atomic E-state index is 5.83. The number of nitrogens with zero attached hydrogens (tertiary/aromatic N) is 3. The Morgan fingerprint density at radius 2 is 1.85 bits per heavy atom. The predicted octanol–water partition coefficient (Wildman–Crippen LogP) is 2.44. The second-order valence-corrected chi connectivity index (χ2v) is 6.01. The van der Waals surface area contributed by atoms with Crippen LogP contribution in [0.2, 0.25) is 0 Å². The second kappa shape index (κ2) is 7.60. The van der Waals surface area contributed by atoms with Crippen molar-refractivity contribution in [1.82, 2.24) is 9.88 Å². The molecular weight excluding hydrogens is 248 g/mol. The average Bonchev–Trinajstić information content (AvgIpc) is 2.38. The summed E-state index contributed by atoms with van der Waals surface area (Å²) in [6.07, 6.45) is 0. The first-order valence-corrected chi connectivity index (χ1v) is 7.51. The van der Waals surface area contributed by atoms with Crippen LogP contribution in [0.5, 0.6) is 0 Å². The third-order valence-corrected chi connectivity index (χ3v) is 3.52. The third-order valence-electron chi connectivity index (χ3n) is 3.52. The molecule has 2 N–H and O–H groups in total. The highest BCUT2D eigenvalue weighted by atomic mass is 15.2. The van der Waals surface area contributed by atoms with Crippen molar-refractivity contribution in [2.75, 3.05) is 32.1 Å². The normalized spacial score (nSPS) is 13.1. The maximum absolute atomic E-state index is 5.83. The summed E-state index contributed by atoms with van der Waals surface area (Å²) < 4.78 is 0. The van der Waals surface area contributed by atoms with Crippen LogP contribution in [0.1, 0.15) is 44.9 Å². The van der Waals surface area contributed by atoms with E-state index in [-0.39, 0.29) is 0 Å². The lowest BCUT2D eigenvalue weighted by Gasteiger charge is -2.32. The number of aromatic nitrogens is 1. The largest absolute Gasteiger partial charge is 0.353 e. The molecular formula is C16H30N4. The van der Waals surface area contributed by atoms with Crippen molar-refractivity contribution < 1.29 is 0 Å². The van der Waals surface area contributed by atoms with Crippen molar-refractivity contribution in [2.24, 2.45) is 5.73 Å².